The zero-order valence-electron chi connectivity index (χ0n) is 11.6. The predicted molar refractivity (Wildman–Crippen MR) is 71.5 cm³/mol. The lowest BCUT2D eigenvalue weighted by atomic mass is 10.1. The van der Waals surface area contributed by atoms with Crippen molar-refractivity contribution in [1.29, 1.82) is 0 Å². The average Bonchev–Trinajstić information content (AvgIpc) is 2.61. The van der Waals surface area contributed by atoms with E-state index < -0.39 is 0 Å². The molecule has 0 saturated heterocycles. The van der Waals surface area contributed by atoms with Gasteiger partial charge in [-0.05, 0) is 41.0 Å². The maximum Gasteiger partial charge on any atom is 0.294 e. The molecule has 1 heterocycles. The molecule has 4 nitrogen and oxygen atoms in total. The largest absolute Gasteiger partial charge is 0.463 e. The highest BCUT2D eigenvalue weighted by atomic mass is 32.1. The molecule has 5 heteroatoms. The lowest BCUT2D eigenvalue weighted by Gasteiger charge is -2.22. The Bertz CT molecular complexity index is 355. The van der Waals surface area contributed by atoms with E-state index in [1.54, 1.807) is 0 Å². The zero-order chi connectivity index (χ0) is 13.1. The summed E-state index contributed by atoms with van der Waals surface area (Å²) in [4.78, 5) is 0. The molecule has 1 N–H and O–H groups in total. The van der Waals surface area contributed by atoms with Crippen LogP contribution in [0.5, 0.6) is 5.19 Å². The van der Waals surface area contributed by atoms with Crippen LogP contribution in [0.25, 0.3) is 0 Å². The third-order valence-electron chi connectivity index (χ3n) is 2.43. The van der Waals surface area contributed by atoms with Crippen LogP contribution in [0, 0.1) is 0 Å². The van der Waals surface area contributed by atoms with Gasteiger partial charge in [0.15, 0.2) is 0 Å². The first-order valence-corrected chi connectivity index (χ1v) is 6.80. The van der Waals surface area contributed by atoms with Crippen molar-refractivity contribution in [3.05, 3.63) is 5.01 Å². The fraction of sp³-hybridized carbons (Fsp3) is 0.833. The summed E-state index contributed by atoms with van der Waals surface area (Å²) < 4.78 is 5.78. The van der Waals surface area contributed by atoms with Gasteiger partial charge in [-0.15, -0.1) is 5.10 Å². The third kappa shape index (κ3) is 5.46. The van der Waals surface area contributed by atoms with Gasteiger partial charge >= 0.3 is 0 Å². The molecule has 0 aromatic carbocycles. The molecule has 0 aliphatic carbocycles. The number of nitrogens with one attached hydrogen (secondary N) is 1. The Morgan fingerprint density at radius 1 is 1.18 bits per heavy atom. The standard InChI is InChI=1S/C12H23N3OS/c1-7-12(5,6)16-10-15-14-9(17-10)8-13-11(2,3)4/h13H,7-8H2,1-6H3. The minimum atomic E-state index is -0.172. The van der Waals surface area contributed by atoms with E-state index in [4.69, 9.17) is 4.74 Å². The van der Waals surface area contributed by atoms with E-state index >= 15 is 0 Å². The minimum absolute atomic E-state index is 0.0926. The van der Waals surface area contributed by atoms with E-state index in [0.717, 1.165) is 18.0 Å². The van der Waals surface area contributed by atoms with E-state index in [9.17, 15) is 0 Å². The lowest BCUT2D eigenvalue weighted by molar-refractivity contribution is 0.104. The Hall–Kier alpha value is -0.680. The molecule has 0 fully saturated rings. The van der Waals surface area contributed by atoms with Gasteiger partial charge in [0.2, 0.25) is 0 Å². The van der Waals surface area contributed by atoms with Crippen molar-refractivity contribution < 1.29 is 4.74 Å². The summed E-state index contributed by atoms with van der Waals surface area (Å²) >= 11 is 1.51. The minimum Gasteiger partial charge on any atom is -0.463 e. The number of aromatic nitrogens is 2. The topological polar surface area (TPSA) is 47.0 Å². The molecule has 0 saturated carbocycles. The second-order valence-electron chi connectivity index (χ2n) is 5.78. The van der Waals surface area contributed by atoms with Gasteiger partial charge in [0.1, 0.15) is 10.6 Å². The number of hydrogen-bond acceptors (Lipinski definition) is 5. The van der Waals surface area contributed by atoms with Crippen molar-refractivity contribution in [2.24, 2.45) is 0 Å². The summed E-state index contributed by atoms with van der Waals surface area (Å²) in [5, 5.41) is 13.2. The van der Waals surface area contributed by atoms with Crippen LogP contribution in [0.2, 0.25) is 0 Å². The molecule has 0 spiro atoms. The van der Waals surface area contributed by atoms with Crippen molar-refractivity contribution >= 4 is 11.3 Å². The van der Waals surface area contributed by atoms with Crippen LogP contribution in [-0.4, -0.2) is 21.3 Å². The predicted octanol–water partition coefficient (Wildman–Crippen LogP) is 2.99. The lowest BCUT2D eigenvalue weighted by Crippen LogP contribution is -2.35. The summed E-state index contributed by atoms with van der Waals surface area (Å²) in [5.41, 5.74) is -0.0797. The van der Waals surface area contributed by atoms with Crippen LogP contribution in [0.3, 0.4) is 0 Å². The van der Waals surface area contributed by atoms with Gasteiger partial charge < -0.3 is 10.1 Å². The number of ether oxygens (including phenoxy) is 1. The Morgan fingerprint density at radius 3 is 2.35 bits per heavy atom. The van der Waals surface area contributed by atoms with E-state index in [-0.39, 0.29) is 11.1 Å². The van der Waals surface area contributed by atoms with Crippen molar-refractivity contribution in [2.45, 2.75) is 65.6 Å². The van der Waals surface area contributed by atoms with Crippen molar-refractivity contribution in [2.75, 3.05) is 0 Å². The Morgan fingerprint density at radius 2 is 1.82 bits per heavy atom. The highest BCUT2D eigenvalue weighted by molar-refractivity contribution is 7.13. The first-order chi connectivity index (χ1) is 7.72. The molecular formula is C12H23N3OS. The maximum absolute atomic E-state index is 5.78. The monoisotopic (exact) mass is 257 g/mol. The van der Waals surface area contributed by atoms with Crippen LogP contribution < -0.4 is 10.1 Å². The van der Waals surface area contributed by atoms with E-state index in [0.29, 0.717) is 5.19 Å². The maximum atomic E-state index is 5.78. The van der Waals surface area contributed by atoms with E-state index in [1.807, 2.05) is 0 Å². The molecule has 0 amide bonds. The van der Waals surface area contributed by atoms with Crippen LogP contribution in [0.1, 0.15) is 53.0 Å². The summed E-state index contributed by atoms with van der Waals surface area (Å²) in [6.45, 7) is 13.3. The van der Waals surface area contributed by atoms with E-state index in [2.05, 4.69) is 57.1 Å². The fourth-order valence-corrected chi connectivity index (χ4v) is 1.78. The average molecular weight is 257 g/mol. The summed E-state index contributed by atoms with van der Waals surface area (Å²) in [6, 6.07) is 0. The molecule has 0 bridgehead atoms. The van der Waals surface area contributed by atoms with Crippen LogP contribution in [0.15, 0.2) is 0 Å². The molecule has 1 rings (SSSR count). The third-order valence-corrected chi connectivity index (χ3v) is 3.23. The van der Waals surface area contributed by atoms with Gasteiger partial charge in [-0.25, -0.2) is 0 Å². The molecule has 98 valence electrons. The number of nitrogens with zero attached hydrogens (tertiary/aromatic N) is 2. The summed E-state index contributed by atoms with van der Waals surface area (Å²) in [5.74, 6) is 0. The molecule has 0 aliphatic heterocycles. The van der Waals surface area contributed by atoms with Gasteiger partial charge in [0, 0.05) is 5.54 Å². The Labute approximate surface area is 108 Å². The Balaban J connectivity index is 2.54. The molecule has 0 aliphatic rings. The quantitative estimate of drug-likeness (QED) is 0.881. The van der Waals surface area contributed by atoms with Gasteiger partial charge in [-0.1, -0.05) is 23.4 Å². The van der Waals surface area contributed by atoms with Crippen LogP contribution in [-0.2, 0) is 6.54 Å². The van der Waals surface area contributed by atoms with Gasteiger partial charge in [-0.2, -0.15) is 0 Å². The van der Waals surface area contributed by atoms with Gasteiger partial charge in [-0.3, -0.25) is 0 Å². The first kappa shape index (κ1) is 14.4. The van der Waals surface area contributed by atoms with Crippen molar-refractivity contribution in [3.63, 3.8) is 0 Å². The smallest absolute Gasteiger partial charge is 0.294 e. The normalized spacial score (nSPS) is 12.8. The second-order valence-corrected chi connectivity index (χ2v) is 6.81. The second kappa shape index (κ2) is 5.31. The van der Waals surface area contributed by atoms with Crippen molar-refractivity contribution in [1.82, 2.24) is 15.5 Å². The van der Waals surface area contributed by atoms with Crippen LogP contribution in [0.4, 0.5) is 0 Å². The molecule has 0 unspecified atom stereocenters. The van der Waals surface area contributed by atoms with Gasteiger partial charge in [0.05, 0.1) is 6.54 Å². The molecule has 1 aromatic heterocycles. The molecule has 0 radical (unpaired) electrons. The first-order valence-electron chi connectivity index (χ1n) is 5.98. The molecular weight excluding hydrogens is 234 g/mol. The van der Waals surface area contributed by atoms with Crippen molar-refractivity contribution in [3.8, 4) is 5.19 Å². The zero-order valence-corrected chi connectivity index (χ0v) is 12.4. The Kier molecular flexibility index (Phi) is 4.49. The highest BCUT2D eigenvalue weighted by Crippen LogP contribution is 2.24. The number of rotatable bonds is 5. The fourth-order valence-electron chi connectivity index (χ4n) is 1.00. The molecule has 17 heavy (non-hydrogen) atoms. The van der Waals surface area contributed by atoms with Gasteiger partial charge in [0.25, 0.3) is 5.19 Å². The molecule has 1 aromatic rings. The molecule has 0 atom stereocenters. The summed E-state index contributed by atoms with van der Waals surface area (Å²) in [7, 11) is 0. The SMILES string of the molecule is CCC(C)(C)Oc1nnc(CNC(C)(C)C)s1. The summed E-state index contributed by atoms with van der Waals surface area (Å²) in [6.07, 6.45) is 0.947. The number of hydrogen-bond donors (Lipinski definition) is 1. The van der Waals surface area contributed by atoms with Crippen LogP contribution >= 0.6 is 11.3 Å². The van der Waals surface area contributed by atoms with E-state index in [1.165, 1.54) is 11.3 Å². The highest BCUT2D eigenvalue weighted by Gasteiger charge is 2.19.